The maximum Gasteiger partial charge on any atom is 0.00515 e. The Morgan fingerprint density at radius 1 is 1.07 bits per heavy atom. The van der Waals surface area contributed by atoms with Gasteiger partial charge in [-0.15, -0.1) is 11.3 Å². The van der Waals surface area contributed by atoms with Crippen LogP contribution in [-0.4, -0.2) is 0 Å². The van der Waals surface area contributed by atoms with Gasteiger partial charge in [-0.2, -0.15) is 0 Å². The van der Waals surface area contributed by atoms with E-state index in [1.54, 1.807) is 0 Å². The molecule has 0 unspecified atom stereocenters. The van der Waals surface area contributed by atoms with E-state index in [9.17, 15) is 0 Å². The fraction of sp³-hybridized carbons (Fsp3) is 0.231. The van der Waals surface area contributed by atoms with Gasteiger partial charge in [0.25, 0.3) is 0 Å². The molecule has 0 aliphatic carbocycles. The van der Waals surface area contributed by atoms with Crippen molar-refractivity contribution in [2.75, 3.05) is 0 Å². The number of thiophene rings is 1. The van der Waals surface area contributed by atoms with E-state index in [-0.39, 0.29) is 0 Å². The van der Waals surface area contributed by atoms with Crippen molar-refractivity contribution >= 4 is 11.3 Å². The van der Waals surface area contributed by atoms with Crippen LogP contribution in [0.1, 0.15) is 18.2 Å². The lowest BCUT2D eigenvalue weighted by Crippen LogP contribution is -1.74. The molecule has 2 aromatic rings. The van der Waals surface area contributed by atoms with Crippen LogP contribution in [0.2, 0.25) is 0 Å². The van der Waals surface area contributed by atoms with Crippen molar-refractivity contribution in [1.82, 2.24) is 0 Å². The molecule has 2 rings (SSSR count). The van der Waals surface area contributed by atoms with E-state index < -0.39 is 0 Å². The van der Waals surface area contributed by atoms with Crippen LogP contribution >= 0.6 is 11.3 Å². The molecule has 0 spiro atoms. The predicted molar refractivity (Wildman–Crippen MR) is 63.8 cm³/mol. The lowest BCUT2D eigenvalue weighted by molar-refractivity contribution is 0.940. The number of benzene rings is 1. The summed E-state index contributed by atoms with van der Waals surface area (Å²) in [6.07, 6.45) is 2.44. The molecule has 14 heavy (non-hydrogen) atoms. The van der Waals surface area contributed by atoms with Crippen LogP contribution in [-0.2, 0) is 6.42 Å². The Morgan fingerprint density at radius 3 is 2.57 bits per heavy atom. The molecule has 0 atom stereocenters. The van der Waals surface area contributed by atoms with Crippen LogP contribution < -0.4 is 0 Å². The Kier molecular flexibility index (Phi) is 3.00. The molecule has 0 fully saturated rings. The van der Waals surface area contributed by atoms with Crippen LogP contribution in [0.5, 0.6) is 0 Å². The first-order valence-corrected chi connectivity index (χ1v) is 5.91. The van der Waals surface area contributed by atoms with E-state index in [0.29, 0.717) is 0 Å². The summed E-state index contributed by atoms with van der Waals surface area (Å²) in [6, 6.07) is 12.9. The molecule has 0 aliphatic heterocycles. The summed E-state index contributed by atoms with van der Waals surface area (Å²) in [6.45, 7) is 2.22. The van der Waals surface area contributed by atoms with Gasteiger partial charge in [-0.1, -0.05) is 43.7 Å². The summed E-state index contributed by atoms with van der Waals surface area (Å²) in [5, 5.41) is 2.25. The van der Waals surface area contributed by atoms with E-state index in [2.05, 4.69) is 48.7 Å². The largest absolute Gasteiger partial charge is 0.148 e. The van der Waals surface area contributed by atoms with Crippen molar-refractivity contribution in [3.8, 4) is 11.1 Å². The van der Waals surface area contributed by atoms with Gasteiger partial charge in [0.2, 0.25) is 0 Å². The van der Waals surface area contributed by atoms with Crippen molar-refractivity contribution in [2.24, 2.45) is 0 Å². The fourth-order valence-electron chi connectivity index (χ4n) is 1.54. The zero-order chi connectivity index (χ0) is 9.80. The van der Waals surface area contributed by atoms with Crippen molar-refractivity contribution < 1.29 is 0 Å². The highest BCUT2D eigenvalue weighted by Gasteiger charge is 2.00. The molecule has 1 heteroatoms. The second kappa shape index (κ2) is 4.43. The van der Waals surface area contributed by atoms with E-state index in [1.807, 2.05) is 11.3 Å². The zero-order valence-electron chi connectivity index (χ0n) is 8.36. The van der Waals surface area contributed by atoms with Gasteiger partial charge in [-0.05, 0) is 29.0 Å². The first-order chi connectivity index (χ1) is 6.90. The minimum Gasteiger partial charge on any atom is -0.148 e. The topological polar surface area (TPSA) is 0 Å². The summed E-state index contributed by atoms with van der Waals surface area (Å²) in [4.78, 5) is 1.49. The molecule has 1 aromatic heterocycles. The third kappa shape index (κ3) is 2.05. The minimum absolute atomic E-state index is 1.21. The molecule has 0 aliphatic rings. The van der Waals surface area contributed by atoms with Gasteiger partial charge in [0.1, 0.15) is 0 Å². The average Bonchev–Trinajstić information content (AvgIpc) is 2.68. The number of hydrogen-bond donors (Lipinski definition) is 0. The lowest BCUT2D eigenvalue weighted by atomic mass is 10.1. The molecule has 72 valence electrons. The number of hydrogen-bond acceptors (Lipinski definition) is 1. The highest BCUT2D eigenvalue weighted by molar-refractivity contribution is 7.10. The highest BCUT2D eigenvalue weighted by Crippen LogP contribution is 2.25. The zero-order valence-corrected chi connectivity index (χ0v) is 9.18. The van der Waals surface area contributed by atoms with Gasteiger partial charge in [0.15, 0.2) is 0 Å². The summed E-state index contributed by atoms with van der Waals surface area (Å²) < 4.78 is 0. The first kappa shape index (κ1) is 9.47. The summed E-state index contributed by atoms with van der Waals surface area (Å²) in [5.41, 5.74) is 2.69. The molecule has 1 heterocycles. The SMILES string of the molecule is CCCc1cc(-c2ccccc2)cs1. The highest BCUT2D eigenvalue weighted by atomic mass is 32.1. The van der Waals surface area contributed by atoms with Gasteiger partial charge < -0.3 is 0 Å². The summed E-state index contributed by atoms with van der Waals surface area (Å²) in [5.74, 6) is 0. The summed E-state index contributed by atoms with van der Waals surface area (Å²) in [7, 11) is 0. The maximum atomic E-state index is 2.31. The van der Waals surface area contributed by atoms with Crippen LogP contribution in [0.4, 0.5) is 0 Å². The molecular weight excluding hydrogens is 188 g/mol. The fourth-order valence-corrected chi connectivity index (χ4v) is 2.54. The van der Waals surface area contributed by atoms with E-state index >= 15 is 0 Å². The number of rotatable bonds is 3. The molecule has 0 saturated heterocycles. The number of aryl methyl sites for hydroxylation is 1. The van der Waals surface area contributed by atoms with Crippen LogP contribution in [0.3, 0.4) is 0 Å². The molecular formula is C13H14S. The van der Waals surface area contributed by atoms with Crippen LogP contribution in [0.15, 0.2) is 41.8 Å². The second-order valence-corrected chi connectivity index (χ2v) is 4.41. The van der Waals surface area contributed by atoms with E-state index in [4.69, 9.17) is 0 Å². The van der Waals surface area contributed by atoms with Crippen molar-refractivity contribution in [3.63, 3.8) is 0 Å². The van der Waals surface area contributed by atoms with Gasteiger partial charge in [-0.3, -0.25) is 0 Å². The van der Waals surface area contributed by atoms with Gasteiger partial charge in [0, 0.05) is 4.88 Å². The molecule has 0 saturated carbocycles. The third-order valence-corrected chi connectivity index (χ3v) is 3.25. The molecule has 0 nitrogen and oxygen atoms in total. The first-order valence-electron chi connectivity index (χ1n) is 5.03. The van der Waals surface area contributed by atoms with Crippen molar-refractivity contribution in [3.05, 3.63) is 46.7 Å². The smallest absolute Gasteiger partial charge is 0.00515 e. The van der Waals surface area contributed by atoms with Gasteiger partial charge >= 0.3 is 0 Å². The van der Waals surface area contributed by atoms with E-state index in [0.717, 1.165) is 0 Å². The lowest BCUT2D eigenvalue weighted by Gasteiger charge is -1.94. The Hall–Kier alpha value is -1.08. The van der Waals surface area contributed by atoms with Gasteiger partial charge in [-0.25, -0.2) is 0 Å². The maximum absolute atomic E-state index is 2.31. The molecule has 0 bridgehead atoms. The van der Waals surface area contributed by atoms with Crippen LogP contribution in [0.25, 0.3) is 11.1 Å². The molecule has 0 radical (unpaired) electrons. The Morgan fingerprint density at radius 2 is 1.86 bits per heavy atom. The monoisotopic (exact) mass is 202 g/mol. The quantitative estimate of drug-likeness (QED) is 0.693. The molecule has 0 amide bonds. The molecule has 0 N–H and O–H groups in total. The summed E-state index contributed by atoms with van der Waals surface area (Å²) >= 11 is 1.87. The molecule has 1 aromatic carbocycles. The van der Waals surface area contributed by atoms with Crippen molar-refractivity contribution in [1.29, 1.82) is 0 Å². The van der Waals surface area contributed by atoms with Gasteiger partial charge in [0.05, 0.1) is 0 Å². The predicted octanol–water partition coefficient (Wildman–Crippen LogP) is 4.37. The third-order valence-electron chi connectivity index (χ3n) is 2.26. The Labute approximate surface area is 89.2 Å². The van der Waals surface area contributed by atoms with Crippen LogP contribution in [0, 0.1) is 0 Å². The second-order valence-electron chi connectivity index (χ2n) is 3.42. The van der Waals surface area contributed by atoms with E-state index in [1.165, 1.54) is 28.8 Å². The Balaban J connectivity index is 2.25. The average molecular weight is 202 g/mol. The standard InChI is InChI=1S/C13H14S/c1-2-6-13-9-12(10-14-13)11-7-4-3-5-8-11/h3-5,7-10H,2,6H2,1H3. The Bertz CT molecular complexity index is 387. The van der Waals surface area contributed by atoms with Crippen molar-refractivity contribution in [2.45, 2.75) is 19.8 Å². The normalized spacial score (nSPS) is 10.4. The minimum atomic E-state index is 1.21.